The summed E-state index contributed by atoms with van der Waals surface area (Å²) in [5.74, 6) is -2.18. The lowest BCUT2D eigenvalue weighted by molar-refractivity contribution is -0.147. The highest BCUT2D eigenvalue weighted by atomic mass is 35.5. The van der Waals surface area contributed by atoms with Gasteiger partial charge in [-0.05, 0) is 62.7 Å². The lowest BCUT2D eigenvalue weighted by atomic mass is 10.2. The largest absolute Gasteiger partial charge is 0.491 e. The van der Waals surface area contributed by atoms with Gasteiger partial charge in [-0.25, -0.2) is 4.99 Å². The molecule has 8 nitrogen and oxygen atoms in total. The van der Waals surface area contributed by atoms with Crippen LogP contribution >= 0.6 is 11.6 Å². The van der Waals surface area contributed by atoms with Crippen LogP contribution in [0.15, 0.2) is 53.5 Å². The van der Waals surface area contributed by atoms with Crippen molar-refractivity contribution in [3.63, 3.8) is 0 Å². The van der Waals surface area contributed by atoms with Crippen molar-refractivity contribution in [1.29, 1.82) is 0 Å². The summed E-state index contributed by atoms with van der Waals surface area (Å²) in [5, 5.41) is 14.7. The Kier molecular flexibility index (Phi) is 6.32. The van der Waals surface area contributed by atoms with Crippen molar-refractivity contribution in [2.24, 2.45) is 16.8 Å². The summed E-state index contributed by atoms with van der Waals surface area (Å²) in [6, 6.07) is 14.3. The monoisotopic (exact) mass is 471 g/mol. The van der Waals surface area contributed by atoms with E-state index in [1.165, 1.54) is 4.90 Å². The molecule has 1 aliphatic carbocycles. The van der Waals surface area contributed by atoms with Gasteiger partial charge in [0.05, 0.1) is 19.3 Å². The molecule has 9 heteroatoms. The van der Waals surface area contributed by atoms with E-state index in [-0.39, 0.29) is 25.2 Å². The number of carbonyl (C=O) groups excluding carboxylic acids is 2. The number of benzene rings is 2. The SMILES string of the molecule is CCOC(=O)C1C2C(=O)N(Cc3ccc(Cl)cc3)C(Nc3ccc(OC(C)C)cc3)=NC12O. The highest BCUT2D eigenvalue weighted by Crippen LogP contribution is 2.55. The van der Waals surface area contributed by atoms with E-state index in [1.807, 2.05) is 26.0 Å². The summed E-state index contributed by atoms with van der Waals surface area (Å²) in [6.45, 7) is 5.90. The predicted molar refractivity (Wildman–Crippen MR) is 124 cm³/mol. The molecule has 0 radical (unpaired) electrons. The third-order valence-electron chi connectivity index (χ3n) is 5.49. The molecule has 2 aromatic carbocycles. The Hall–Kier alpha value is -3.10. The van der Waals surface area contributed by atoms with E-state index >= 15 is 0 Å². The van der Waals surface area contributed by atoms with Gasteiger partial charge in [0.2, 0.25) is 11.9 Å². The Labute approximate surface area is 197 Å². The fraction of sp³-hybridized carbons (Fsp3) is 0.375. The summed E-state index contributed by atoms with van der Waals surface area (Å²) in [6.07, 6.45) is 0.0416. The van der Waals surface area contributed by atoms with E-state index in [4.69, 9.17) is 21.1 Å². The van der Waals surface area contributed by atoms with E-state index < -0.39 is 29.4 Å². The number of guanidine groups is 1. The summed E-state index contributed by atoms with van der Waals surface area (Å²) in [7, 11) is 0. The minimum atomic E-state index is -1.82. The molecule has 3 atom stereocenters. The van der Waals surface area contributed by atoms with Gasteiger partial charge in [0.1, 0.15) is 17.6 Å². The van der Waals surface area contributed by atoms with Crippen LogP contribution in [0.3, 0.4) is 0 Å². The summed E-state index contributed by atoms with van der Waals surface area (Å²) in [5.41, 5.74) is -0.348. The van der Waals surface area contributed by atoms with Gasteiger partial charge in [0, 0.05) is 10.7 Å². The van der Waals surface area contributed by atoms with Crippen LogP contribution in [0.4, 0.5) is 5.69 Å². The average Bonchev–Trinajstić information content (AvgIpc) is 3.39. The van der Waals surface area contributed by atoms with Crippen molar-refractivity contribution in [3.8, 4) is 5.75 Å². The van der Waals surface area contributed by atoms with E-state index in [0.717, 1.165) is 5.56 Å². The van der Waals surface area contributed by atoms with Crippen LogP contribution in [0.2, 0.25) is 5.02 Å². The maximum atomic E-state index is 13.3. The van der Waals surface area contributed by atoms with Gasteiger partial charge in [-0.15, -0.1) is 0 Å². The van der Waals surface area contributed by atoms with Gasteiger partial charge in [0.15, 0.2) is 5.72 Å². The Morgan fingerprint density at radius 2 is 1.88 bits per heavy atom. The number of fused-ring (bicyclic) bond motifs is 1. The van der Waals surface area contributed by atoms with Crippen LogP contribution in [-0.2, 0) is 20.9 Å². The van der Waals surface area contributed by atoms with Crippen LogP contribution in [0.5, 0.6) is 5.75 Å². The molecule has 0 spiro atoms. The highest BCUT2D eigenvalue weighted by molar-refractivity contribution is 6.30. The van der Waals surface area contributed by atoms with E-state index in [2.05, 4.69) is 10.3 Å². The first-order valence-electron chi connectivity index (χ1n) is 10.8. The van der Waals surface area contributed by atoms with E-state index in [1.54, 1.807) is 43.3 Å². The number of rotatable bonds is 7. The van der Waals surface area contributed by atoms with Crippen molar-refractivity contribution >= 4 is 35.1 Å². The lowest BCUT2D eigenvalue weighted by Gasteiger charge is -2.29. The molecule has 1 heterocycles. The third-order valence-corrected chi connectivity index (χ3v) is 5.74. The highest BCUT2D eigenvalue weighted by Gasteiger charge is 2.76. The van der Waals surface area contributed by atoms with Crippen LogP contribution in [0.1, 0.15) is 26.3 Å². The van der Waals surface area contributed by atoms with Gasteiger partial charge in [0.25, 0.3) is 0 Å². The minimum Gasteiger partial charge on any atom is -0.491 e. The molecule has 2 aromatic rings. The molecule has 4 rings (SSSR count). The Bertz CT molecular complexity index is 1070. The van der Waals surface area contributed by atoms with E-state index in [9.17, 15) is 14.7 Å². The second-order valence-electron chi connectivity index (χ2n) is 8.29. The number of aliphatic imine (C=N–C) groups is 1. The maximum absolute atomic E-state index is 13.3. The molecule has 174 valence electrons. The number of ether oxygens (including phenoxy) is 2. The Morgan fingerprint density at radius 1 is 1.21 bits per heavy atom. The summed E-state index contributed by atoms with van der Waals surface area (Å²) < 4.78 is 10.7. The normalized spacial score (nSPS) is 23.6. The zero-order chi connectivity index (χ0) is 23.8. The molecule has 3 unspecified atom stereocenters. The number of amides is 1. The number of nitrogens with one attached hydrogen (secondary N) is 1. The minimum absolute atomic E-state index is 0.0416. The van der Waals surface area contributed by atoms with Crippen LogP contribution in [-0.4, -0.2) is 46.3 Å². The number of anilines is 1. The quantitative estimate of drug-likeness (QED) is 0.600. The molecule has 2 aliphatic rings. The predicted octanol–water partition coefficient (Wildman–Crippen LogP) is 3.44. The first kappa shape index (κ1) is 23.1. The second kappa shape index (κ2) is 9.03. The second-order valence-corrected chi connectivity index (χ2v) is 8.73. The van der Waals surface area contributed by atoms with Gasteiger partial charge < -0.3 is 19.9 Å². The number of aliphatic hydroxyl groups is 1. The molecule has 0 aromatic heterocycles. The van der Waals surface area contributed by atoms with Crippen molar-refractivity contribution in [2.45, 2.75) is 39.1 Å². The average molecular weight is 472 g/mol. The number of hydrogen-bond donors (Lipinski definition) is 2. The standard InChI is InChI=1S/C24H26ClN3O5/c1-4-32-22(30)20-19-21(29)28(13-15-5-7-16(25)8-6-15)23(27-24(19,20)31)26-17-9-11-18(12-10-17)33-14(2)3/h5-12,14,19-20,31H,4,13H2,1-3H3,(H,26,27). The third kappa shape index (κ3) is 4.67. The molecule has 1 saturated carbocycles. The number of hydrogen-bond acceptors (Lipinski definition) is 7. The smallest absolute Gasteiger partial charge is 0.314 e. The molecule has 1 fully saturated rings. The molecule has 2 N–H and O–H groups in total. The zero-order valence-corrected chi connectivity index (χ0v) is 19.4. The van der Waals surface area contributed by atoms with Gasteiger partial charge in [-0.1, -0.05) is 23.7 Å². The Morgan fingerprint density at radius 3 is 2.48 bits per heavy atom. The molecule has 1 amide bonds. The maximum Gasteiger partial charge on any atom is 0.314 e. The Balaban J connectivity index is 1.62. The van der Waals surface area contributed by atoms with Crippen LogP contribution in [0, 0.1) is 11.8 Å². The number of esters is 1. The molecule has 1 aliphatic heterocycles. The van der Waals surface area contributed by atoms with Crippen molar-refractivity contribution in [3.05, 3.63) is 59.1 Å². The fourth-order valence-corrected chi connectivity index (χ4v) is 4.03. The first-order chi connectivity index (χ1) is 15.7. The first-order valence-corrected chi connectivity index (χ1v) is 11.2. The molecular formula is C24H26ClN3O5. The summed E-state index contributed by atoms with van der Waals surface area (Å²) in [4.78, 5) is 31.5. The zero-order valence-electron chi connectivity index (χ0n) is 18.6. The number of carbonyl (C=O) groups is 2. The number of halogens is 1. The molecule has 0 saturated heterocycles. The van der Waals surface area contributed by atoms with Gasteiger partial charge >= 0.3 is 5.97 Å². The van der Waals surface area contributed by atoms with Gasteiger partial charge in [-0.2, -0.15) is 0 Å². The molecule has 0 bridgehead atoms. The van der Waals surface area contributed by atoms with Gasteiger partial charge in [-0.3, -0.25) is 14.5 Å². The summed E-state index contributed by atoms with van der Waals surface area (Å²) >= 11 is 5.98. The van der Waals surface area contributed by atoms with Crippen LogP contribution in [0.25, 0.3) is 0 Å². The lowest BCUT2D eigenvalue weighted by Crippen LogP contribution is -2.46. The fourth-order valence-electron chi connectivity index (χ4n) is 3.91. The molecule has 33 heavy (non-hydrogen) atoms. The topological polar surface area (TPSA) is 100 Å². The number of nitrogens with zero attached hydrogens (tertiary/aromatic N) is 2. The van der Waals surface area contributed by atoms with E-state index in [0.29, 0.717) is 16.5 Å². The van der Waals surface area contributed by atoms with Crippen molar-refractivity contribution < 1.29 is 24.2 Å². The van der Waals surface area contributed by atoms with Crippen molar-refractivity contribution in [2.75, 3.05) is 11.9 Å². The van der Waals surface area contributed by atoms with Crippen LogP contribution < -0.4 is 10.1 Å². The van der Waals surface area contributed by atoms with Crippen molar-refractivity contribution in [1.82, 2.24) is 4.90 Å². The molecular weight excluding hydrogens is 446 g/mol.